The van der Waals surface area contributed by atoms with Gasteiger partial charge in [0.1, 0.15) is 13.2 Å². The fourth-order valence-corrected chi connectivity index (χ4v) is 3.35. The zero-order chi connectivity index (χ0) is 17.3. The number of pyridine rings is 1. The normalized spacial score (nSPS) is 10.6. The summed E-state index contributed by atoms with van der Waals surface area (Å²) in [5.74, 6) is 0. The van der Waals surface area contributed by atoms with Crippen molar-refractivity contribution >= 4 is 0 Å². The predicted octanol–water partition coefficient (Wildman–Crippen LogP) is 2.95. The summed E-state index contributed by atoms with van der Waals surface area (Å²) in [7, 11) is 0. The average molecular weight is 461 g/mol. The lowest BCUT2D eigenvalue weighted by Crippen LogP contribution is -3.00. The van der Waals surface area contributed by atoms with E-state index in [1.807, 2.05) is 18.2 Å². The molecule has 2 nitrogen and oxygen atoms in total. The molecule has 0 fully saturated rings. The Hall–Kier alpha value is -0.160. The van der Waals surface area contributed by atoms with Crippen molar-refractivity contribution in [2.75, 3.05) is 0 Å². The Morgan fingerprint density at radius 2 is 1.20 bits per heavy atom. The fraction of sp³-hybridized carbons (Fsp3) is 0.773. The van der Waals surface area contributed by atoms with Crippen molar-refractivity contribution in [2.24, 2.45) is 0 Å². The highest BCUT2D eigenvalue weighted by atomic mass is 127. The zero-order valence-electron chi connectivity index (χ0n) is 16.4. The van der Waals surface area contributed by atoms with Gasteiger partial charge in [0.2, 0.25) is 5.69 Å². The number of aliphatic hydroxyl groups is 1. The van der Waals surface area contributed by atoms with Crippen molar-refractivity contribution in [2.45, 2.75) is 110 Å². The second-order valence-electron chi connectivity index (χ2n) is 7.14. The topological polar surface area (TPSA) is 24.1 Å². The largest absolute Gasteiger partial charge is 1.00 e. The van der Waals surface area contributed by atoms with E-state index < -0.39 is 0 Å². The summed E-state index contributed by atoms with van der Waals surface area (Å²) in [5.41, 5.74) is 1.02. The smallest absolute Gasteiger partial charge is 0.206 e. The van der Waals surface area contributed by atoms with E-state index in [2.05, 4.69) is 17.7 Å². The zero-order valence-corrected chi connectivity index (χ0v) is 18.6. The molecule has 0 aromatic carbocycles. The third kappa shape index (κ3) is 13.7. The van der Waals surface area contributed by atoms with Crippen LogP contribution in [-0.2, 0) is 13.2 Å². The van der Waals surface area contributed by atoms with Gasteiger partial charge in [0, 0.05) is 18.6 Å². The third-order valence-electron chi connectivity index (χ3n) is 4.95. The van der Waals surface area contributed by atoms with Gasteiger partial charge in [0.15, 0.2) is 6.20 Å². The standard InChI is InChI=1S/C22H40NO.HI/c1-2-3-4-5-6-7-8-9-10-11-12-13-14-16-19-23-20-17-15-18-22(23)21-24;/h15,17-18,20,24H,2-14,16,19,21H2,1H3;1H/q+1;/p-1. The highest BCUT2D eigenvalue weighted by Crippen LogP contribution is 2.12. The van der Waals surface area contributed by atoms with Gasteiger partial charge < -0.3 is 29.1 Å². The molecule has 0 bridgehead atoms. The maximum Gasteiger partial charge on any atom is 0.206 e. The van der Waals surface area contributed by atoms with Crippen molar-refractivity contribution in [3.63, 3.8) is 0 Å². The number of nitrogens with zero attached hydrogens (tertiary/aromatic N) is 1. The first-order valence-electron chi connectivity index (χ1n) is 10.5. The molecule has 0 saturated carbocycles. The molecule has 146 valence electrons. The number of hydrogen-bond donors (Lipinski definition) is 1. The van der Waals surface area contributed by atoms with Gasteiger partial charge in [-0.1, -0.05) is 90.0 Å². The summed E-state index contributed by atoms with van der Waals surface area (Å²) in [6, 6.07) is 6.04. The van der Waals surface area contributed by atoms with Crippen LogP contribution in [0.4, 0.5) is 0 Å². The summed E-state index contributed by atoms with van der Waals surface area (Å²) in [5, 5.41) is 9.31. The Morgan fingerprint density at radius 1 is 0.720 bits per heavy atom. The Labute approximate surface area is 173 Å². The van der Waals surface area contributed by atoms with Crippen molar-refractivity contribution in [3.05, 3.63) is 30.1 Å². The Kier molecular flexibility index (Phi) is 18.5. The van der Waals surface area contributed by atoms with Crippen LogP contribution >= 0.6 is 0 Å². The predicted molar refractivity (Wildman–Crippen MR) is 103 cm³/mol. The summed E-state index contributed by atoms with van der Waals surface area (Å²) in [4.78, 5) is 0. The number of rotatable bonds is 16. The molecule has 1 rings (SSSR count). The van der Waals surface area contributed by atoms with Crippen molar-refractivity contribution in [1.82, 2.24) is 0 Å². The van der Waals surface area contributed by atoms with Crippen LogP contribution in [0.25, 0.3) is 0 Å². The number of aromatic nitrogens is 1. The van der Waals surface area contributed by atoms with Crippen LogP contribution in [0.2, 0.25) is 0 Å². The van der Waals surface area contributed by atoms with Crippen molar-refractivity contribution < 1.29 is 33.7 Å². The molecule has 0 aliphatic heterocycles. The van der Waals surface area contributed by atoms with Crippen LogP contribution < -0.4 is 28.5 Å². The van der Waals surface area contributed by atoms with E-state index in [1.165, 1.54) is 89.9 Å². The molecule has 1 aromatic heterocycles. The lowest BCUT2D eigenvalue weighted by atomic mass is 10.0. The first-order valence-corrected chi connectivity index (χ1v) is 10.5. The van der Waals surface area contributed by atoms with Gasteiger partial charge >= 0.3 is 0 Å². The van der Waals surface area contributed by atoms with E-state index in [1.54, 1.807) is 0 Å². The second-order valence-corrected chi connectivity index (χ2v) is 7.14. The summed E-state index contributed by atoms with van der Waals surface area (Å²) in [6.45, 7) is 3.46. The first-order chi connectivity index (χ1) is 11.9. The molecule has 0 saturated heterocycles. The highest BCUT2D eigenvalue weighted by Gasteiger charge is 2.06. The molecule has 25 heavy (non-hydrogen) atoms. The molecular formula is C22H40INO. The van der Waals surface area contributed by atoms with E-state index in [9.17, 15) is 5.11 Å². The van der Waals surface area contributed by atoms with Crippen LogP contribution in [0.1, 0.15) is 103 Å². The molecule has 1 aromatic rings. The van der Waals surface area contributed by atoms with Crippen LogP contribution in [0.15, 0.2) is 24.4 Å². The Morgan fingerprint density at radius 3 is 1.68 bits per heavy atom. The molecule has 1 N–H and O–H groups in total. The third-order valence-corrected chi connectivity index (χ3v) is 4.95. The van der Waals surface area contributed by atoms with Gasteiger partial charge in [-0.3, -0.25) is 0 Å². The Balaban J connectivity index is 0.00000576. The van der Waals surface area contributed by atoms with Gasteiger partial charge in [-0.15, -0.1) is 0 Å². The van der Waals surface area contributed by atoms with E-state index in [0.29, 0.717) is 0 Å². The van der Waals surface area contributed by atoms with Gasteiger partial charge in [0.25, 0.3) is 0 Å². The molecule has 3 heteroatoms. The van der Waals surface area contributed by atoms with Gasteiger partial charge in [-0.2, -0.15) is 0 Å². The minimum atomic E-state index is 0. The molecule has 0 spiro atoms. The molecule has 0 aliphatic rings. The average Bonchev–Trinajstić information content (AvgIpc) is 2.62. The van der Waals surface area contributed by atoms with Gasteiger partial charge in [0.05, 0.1) is 0 Å². The number of unbranched alkanes of at least 4 members (excludes halogenated alkanes) is 13. The molecule has 0 atom stereocenters. The second kappa shape index (κ2) is 18.6. The maximum absolute atomic E-state index is 9.31. The lowest BCUT2D eigenvalue weighted by Gasteiger charge is -2.03. The minimum Gasteiger partial charge on any atom is -1.00 e. The van der Waals surface area contributed by atoms with Gasteiger partial charge in [-0.25, -0.2) is 4.57 Å². The van der Waals surface area contributed by atoms with E-state index >= 15 is 0 Å². The van der Waals surface area contributed by atoms with Gasteiger partial charge in [-0.05, 0) is 6.42 Å². The van der Waals surface area contributed by atoms with Crippen LogP contribution in [0.3, 0.4) is 0 Å². The molecule has 0 aliphatic carbocycles. The molecule has 0 unspecified atom stereocenters. The molecular weight excluding hydrogens is 421 g/mol. The highest BCUT2D eigenvalue weighted by molar-refractivity contribution is 4.95. The monoisotopic (exact) mass is 461 g/mol. The summed E-state index contributed by atoms with van der Waals surface area (Å²) < 4.78 is 2.18. The number of aryl methyl sites for hydroxylation is 1. The minimum absolute atomic E-state index is 0. The van der Waals surface area contributed by atoms with E-state index in [4.69, 9.17) is 0 Å². The van der Waals surface area contributed by atoms with Crippen LogP contribution in [0.5, 0.6) is 0 Å². The molecule has 0 amide bonds. The number of hydrogen-bond acceptors (Lipinski definition) is 1. The maximum atomic E-state index is 9.31. The van der Waals surface area contributed by atoms with Crippen LogP contribution in [0, 0.1) is 0 Å². The molecule has 0 radical (unpaired) electrons. The SMILES string of the molecule is CCCCCCCCCCCCCCCC[n+]1ccccc1CO.[I-]. The lowest BCUT2D eigenvalue weighted by molar-refractivity contribution is -0.706. The van der Waals surface area contributed by atoms with Crippen LogP contribution in [-0.4, -0.2) is 5.11 Å². The number of aliphatic hydroxyl groups excluding tert-OH is 1. The van der Waals surface area contributed by atoms with Crippen molar-refractivity contribution in [1.29, 1.82) is 0 Å². The fourth-order valence-electron chi connectivity index (χ4n) is 3.35. The number of halogens is 1. The quantitative estimate of drug-likeness (QED) is 0.229. The Bertz CT molecular complexity index is 397. The molecule has 1 heterocycles. The first kappa shape index (κ1) is 24.8. The summed E-state index contributed by atoms with van der Waals surface area (Å²) >= 11 is 0. The van der Waals surface area contributed by atoms with E-state index in [0.717, 1.165) is 12.2 Å². The summed E-state index contributed by atoms with van der Waals surface area (Å²) in [6.07, 6.45) is 21.7. The van der Waals surface area contributed by atoms with Crippen molar-refractivity contribution in [3.8, 4) is 0 Å². The van der Waals surface area contributed by atoms with E-state index in [-0.39, 0.29) is 30.6 Å².